The summed E-state index contributed by atoms with van der Waals surface area (Å²) in [6, 6.07) is 1.66. The molecule has 0 saturated carbocycles. The molecule has 0 spiro atoms. The van der Waals surface area contributed by atoms with Gasteiger partial charge in [0.15, 0.2) is 0 Å². The second-order valence-electron chi connectivity index (χ2n) is 4.03. The van der Waals surface area contributed by atoms with Gasteiger partial charge in [0.2, 0.25) is 0 Å². The Bertz CT molecular complexity index is 446. The first-order valence-corrected chi connectivity index (χ1v) is 7.12. The molecule has 0 saturated heterocycles. The molecule has 0 heterocycles. The first kappa shape index (κ1) is 13.4. The molecule has 0 bridgehead atoms. The maximum Gasteiger partial charge on any atom is 0.356 e. The number of rotatable bonds is 3. The quantitative estimate of drug-likeness (QED) is 0.799. The Balaban J connectivity index is 3.60. The average molecular weight is 242 g/mol. The van der Waals surface area contributed by atoms with Crippen molar-refractivity contribution in [2.75, 3.05) is 0 Å². The second kappa shape index (κ2) is 4.70. The van der Waals surface area contributed by atoms with Crippen molar-refractivity contribution in [3.63, 3.8) is 0 Å². The minimum absolute atomic E-state index is 0.187. The van der Waals surface area contributed by atoms with Gasteiger partial charge in [0.05, 0.1) is 5.30 Å². The lowest BCUT2D eigenvalue weighted by Crippen LogP contribution is -2.14. The van der Waals surface area contributed by atoms with Crippen molar-refractivity contribution in [1.82, 2.24) is 0 Å². The van der Waals surface area contributed by atoms with E-state index in [1.807, 2.05) is 20.8 Å². The van der Waals surface area contributed by atoms with Gasteiger partial charge in [0.1, 0.15) is 0 Å². The van der Waals surface area contributed by atoms with Gasteiger partial charge < -0.3 is 9.79 Å². The maximum atomic E-state index is 11.4. The first-order valence-electron chi connectivity index (χ1n) is 5.50. The Hall–Kier alpha value is -0.630. The summed E-state index contributed by atoms with van der Waals surface area (Å²) in [6.07, 6.45) is 1.60. The molecule has 2 N–H and O–H groups in total. The summed E-state index contributed by atoms with van der Waals surface area (Å²) in [7, 11) is -4.16. The fourth-order valence-electron chi connectivity index (χ4n) is 2.21. The highest BCUT2D eigenvalue weighted by molar-refractivity contribution is 7.60. The molecule has 0 radical (unpaired) electrons. The van der Waals surface area contributed by atoms with Crippen LogP contribution in [0.25, 0.3) is 0 Å². The highest BCUT2D eigenvalue weighted by Gasteiger charge is 2.23. The summed E-state index contributed by atoms with van der Waals surface area (Å²) < 4.78 is 11.4. The van der Waals surface area contributed by atoms with Gasteiger partial charge in [-0.1, -0.05) is 13.8 Å². The summed E-state index contributed by atoms with van der Waals surface area (Å²) in [4.78, 5) is 18.6. The van der Waals surface area contributed by atoms with Crippen LogP contribution in [-0.4, -0.2) is 9.79 Å². The van der Waals surface area contributed by atoms with E-state index >= 15 is 0 Å². The smallest absolute Gasteiger partial charge is 0.321 e. The van der Waals surface area contributed by atoms with Crippen LogP contribution in [0.5, 0.6) is 0 Å². The molecule has 0 aromatic heterocycles. The van der Waals surface area contributed by atoms with Gasteiger partial charge in [-0.05, 0) is 55.0 Å². The van der Waals surface area contributed by atoms with E-state index in [1.54, 1.807) is 13.0 Å². The third-order valence-corrected chi connectivity index (χ3v) is 4.22. The minimum Gasteiger partial charge on any atom is -0.321 e. The first-order chi connectivity index (χ1) is 7.32. The number of hydrogen-bond acceptors (Lipinski definition) is 1. The fourth-order valence-corrected chi connectivity index (χ4v) is 3.11. The van der Waals surface area contributed by atoms with Crippen molar-refractivity contribution >= 4 is 12.9 Å². The zero-order valence-electron chi connectivity index (χ0n) is 10.2. The molecule has 0 unspecified atom stereocenters. The van der Waals surface area contributed by atoms with E-state index in [2.05, 4.69) is 0 Å². The monoisotopic (exact) mass is 242 g/mol. The van der Waals surface area contributed by atoms with Crippen LogP contribution in [0.15, 0.2) is 6.07 Å². The van der Waals surface area contributed by atoms with Crippen LogP contribution >= 0.6 is 7.60 Å². The Labute approximate surface area is 96.7 Å². The van der Waals surface area contributed by atoms with Crippen LogP contribution in [0.4, 0.5) is 0 Å². The second-order valence-corrected chi connectivity index (χ2v) is 5.60. The summed E-state index contributed by atoms with van der Waals surface area (Å²) >= 11 is 0. The van der Waals surface area contributed by atoms with Gasteiger partial charge in [-0.15, -0.1) is 0 Å². The van der Waals surface area contributed by atoms with Crippen LogP contribution in [0.2, 0.25) is 0 Å². The molecule has 0 aliphatic rings. The molecule has 0 aliphatic heterocycles. The lowest BCUT2D eigenvalue weighted by Gasteiger charge is -2.17. The molecule has 90 valence electrons. The molecule has 1 rings (SSSR count). The predicted molar refractivity (Wildman–Crippen MR) is 66.4 cm³/mol. The van der Waals surface area contributed by atoms with Gasteiger partial charge in [-0.25, -0.2) is 0 Å². The highest BCUT2D eigenvalue weighted by Crippen LogP contribution is 2.37. The lowest BCUT2D eigenvalue weighted by molar-refractivity contribution is 0.387. The number of hydrogen-bond donors (Lipinski definition) is 2. The fraction of sp³-hybridized carbons (Fsp3) is 0.500. The average Bonchev–Trinajstić information content (AvgIpc) is 2.17. The van der Waals surface area contributed by atoms with Crippen molar-refractivity contribution in [2.45, 2.75) is 40.5 Å². The zero-order valence-corrected chi connectivity index (χ0v) is 11.1. The standard InChI is InChI=1S/C12H19O3P/c1-5-10-7-12(16(13,14)15)9(4)11(6-2)8(10)3/h7H,5-6H2,1-4H3,(H2,13,14,15). The normalized spacial score (nSPS) is 11.9. The van der Waals surface area contributed by atoms with E-state index < -0.39 is 7.60 Å². The molecule has 1 aromatic carbocycles. The summed E-state index contributed by atoms with van der Waals surface area (Å²) in [5.74, 6) is 0. The Morgan fingerprint density at radius 2 is 1.69 bits per heavy atom. The molecule has 4 heteroatoms. The van der Waals surface area contributed by atoms with Gasteiger partial charge in [0.25, 0.3) is 0 Å². The maximum absolute atomic E-state index is 11.4. The van der Waals surface area contributed by atoms with Crippen molar-refractivity contribution < 1.29 is 14.4 Å². The Morgan fingerprint density at radius 1 is 1.12 bits per heavy atom. The van der Waals surface area contributed by atoms with E-state index in [9.17, 15) is 14.4 Å². The Morgan fingerprint density at radius 3 is 2.06 bits per heavy atom. The van der Waals surface area contributed by atoms with Gasteiger partial charge in [0, 0.05) is 0 Å². The lowest BCUT2D eigenvalue weighted by atomic mass is 9.94. The number of aryl methyl sites for hydroxylation is 1. The molecule has 0 amide bonds. The third-order valence-electron chi connectivity index (χ3n) is 3.13. The molecular weight excluding hydrogens is 223 g/mol. The molecule has 0 atom stereocenters. The van der Waals surface area contributed by atoms with Gasteiger partial charge >= 0.3 is 7.60 Å². The van der Waals surface area contributed by atoms with Crippen LogP contribution < -0.4 is 5.30 Å². The van der Waals surface area contributed by atoms with Crippen molar-refractivity contribution in [2.24, 2.45) is 0 Å². The zero-order chi connectivity index (χ0) is 12.5. The Kier molecular flexibility index (Phi) is 3.95. The van der Waals surface area contributed by atoms with E-state index in [-0.39, 0.29) is 5.30 Å². The summed E-state index contributed by atoms with van der Waals surface area (Å²) in [5.41, 5.74) is 4.00. The molecule has 3 nitrogen and oxygen atoms in total. The van der Waals surface area contributed by atoms with Crippen LogP contribution in [0.1, 0.15) is 36.1 Å². The summed E-state index contributed by atoms with van der Waals surface area (Å²) in [5, 5.41) is 0.187. The highest BCUT2D eigenvalue weighted by atomic mass is 31.2. The topological polar surface area (TPSA) is 57.5 Å². The van der Waals surface area contributed by atoms with Crippen LogP contribution in [-0.2, 0) is 17.4 Å². The molecule has 1 aromatic rings. The third kappa shape index (κ3) is 2.37. The van der Waals surface area contributed by atoms with Crippen molar-refractivity contribution in [3.8, 4) is 0 Å². The van der Waals surface area contributed by atoms with Crippen LogP contribution in [0.3, 0.4) is 0 Å². The number of benzene rings is 1. The largest absolute Gasteiger partial charge is 0.356 e. The predicted octanol–water partition coefficient (Wildman–Crippen LogP) is 2.23. The summed E-state index contributed by atoms with van der Waals surface area (Å²) in [6.45, 7) is 7.83. The molecule has 16 heavy (non-hydrogen) atoms. The SMILES string of the molecule is CCc1cc(P(=O)(O)O)c(C)c(CC)c1C. The van der Waals surface area contributed by atoms with E-state index in [1.165, 1.54) is 5.56 Å². The molecular formula is C12H19O3P. The molecule has 0 aliphatic carbocycles. The van der Waals surface area contributed by atoms with E-state index in [0.717, 1.165) is 29.5 Å². The molecule has 0 fully saturated rings. The minimum atomic E-state index is -4.16. The van der Waals surface area contributed by atoms with Gasteiger partial charge in [-0.3, -0.25) is 4.57 Å². The van der Waals surface area contributed by atoms with Crippen molar-refractivity contribution in [1.29, 1.82) is 0 Å². The van der Waals surface area contributed by atoms with E-state index in [4.69, 9.17) is 0 Å². The van der Waals surface area contributed by atoms with Gasteiger partial charge in [-0.2, -0.15) is 0 Å². The van der Waals surface area contributed by atoms with Crippen molar-refractivity contribution in [3.05, 3.63) is 28.3 Å². The van der Waals surface area contributed by atoms with E-state index in [0.29, 0.717) is 0 Å². The van der Waals surface area contributed by atoms with Crippen LogP contribution in [0, 0.1) is 13.8 Å².